The lowest BCUT2D eigenvalue weighted by Crippen LogP contribution is -2.18. The SMILES string of the molecule is CCCC(COC=S)OC=S. The van der Waals surface area contributed by atoms with Crippen LogP contribution in [0.5, 0.6) is 0 Å². The second-order valence-corrected chi connectivity index (χ2v) is 2.46. The smallest absolute Gasteiger partial charge is 0.146 e. The van der Waals surface area contributed by atoms with Gasteiger partial charge in [-0.1, -0.05) is 13.3 Å². The third-order valence-corrected chi connectivity index (χ3v) is 1.46. The monoisotopic (exact) mass is 192 g/mol. The van der Waals surface area contributed by atoms with Gasteiger partial charge in [0.25, 0.3) is 0 Å². The zero-order valence-corrected chi connectivity index (χ0v) is 8.12. The Morgan fingerprint density at radius 2 is 2.09 bits per heavy atom. The van der Waals surface area contributed by atoms with Crippen molar-refractivity contribution in [1.29, 1.82) is 0 Å². The van der Waals surface area contributed by atoms with E-state index in [1.54, 1.807) is 0 Å². The van der Waals surface area contributed by atoms with Crippen LogP contribution in [0.15, 0.2) is 0 Å². The molecule has 0 saturated carbocycles. The molecule has 2 nitrogen and oxygen atoms in total. The van der Waals surface area contributed by atoms with Crippen LogP contribution in [0.25, 0.3) is 0 Å². The first-order valence-corrected chi connectivity index (χ1v) is 4.43. The van der Waals surface area contributed by atoms with Crippen LogP contribution >= 0.6 is 24.4 Å². The Kier molecular flexibility index (Phi) is 7.72. The zero-order valence-electron chi connectivity index (χ0n) is 6.49. The normalized spacial score (nSPS) is 11.7. The van der Waals surface area contributed by atoms with Gasteiger partial charge in [0, 0.05) is 0 Å². The third-order valence-electron chi connectivity index (χ3n) is 1.21. The highest BCUT2D eigenvalue weighted by molar-refractivity contribution is 7.78. The standard InChI is InChI=1S/C7H12O2S2/c1-2-3-7(9-6-11)4-8-5-10/h5-7H,2-4H2,1H3. The molecule has 0 amide bonds. The lowest BCUT2D eigenvalue weighted by atomic mass is 10.2. The van der Waals surface area contributed by atoms with Crippen molar-refractivity contribution in [1.82, 2.24) is 0 Å². The maximum absolute atomic E-state index is 5.08. The Labute approximate surface area is 77.9 Å². The molecule has 0 aromatic heterocycles. The van der Waals surface area contributed by atoms with Crippen LogP contribution in [-0.2, 0) is 9.47 Å². The number of rotatable bonds is 7. The molecule has 0 N–H and O–H groups in total. The van der Waals surface area contributed by atoms with Crippen LogP contribution < -0.4 is 0 Å². The molecule has 1 atom stereocenters. The zero-order chi connectivity index (χ0) is 8.53. The van der Waals surface area contributed by atoms with E-state index < -0.39 is 0 Å². The maximum atomic E-state index is 5.08. The van der Waals surface area contributed by atoms with Gasteiger partial charge in [-0.25, -0.2) is 0 Å². The van der Waals surface area contributed by atoms with Gasteiger partial charge in [-0.05, 0) is 30.9 Å². The molecule has 0 fully saturated rings. The van der Waals surface area contributed by atoms with Gasteiger partial charge in [-0.15, -0.1) is 0 Å². The van der Waals surface area contributed by atoms with E-state index in [1.165, 1.54) is 11.1 Å². The van der Waals surface area contributed by atoms with Crippen LogP contribution in [-0.4, -0.2) is 23.8 Å². The lowest BCUT2D eigenvalue weighted by Gasteiger charge is -2.13. The summed E-state index contributed by atoms with van der Waals surface area (Å²) in [5.41, 5.74) is 2.52. The van der Waals surface area contributed by atoms with Crippen LogP contribution in [0.4, 0.5) is 0 Å². The van der Waals surface area contributed by atoms with Crippen LogP contribution in [0.1, 0.15) is 19.8 Å². The minimum atomic E-state index is 0.0525. The summed E-state index contributed by atoms with van der Waals surface area (Å²) in [7, 11) is 0. The first-order chi connectivity index (χ1) is 5.35. The van der Waals surface area contributed by atoms with E-state index in [-0.39, 0.29) is 6.10 Å². The van der Waals surface area contributed by atoms with Crippen molar-refractivity contribution >= 4 is 35.5 Å². The number of thiocarbonyl (C=S) groups is 2. The Bertz CT molecular complexity index is 117. The van der Waals surface area contributed by atoms with Crippen molar-refractivity contribution in [2.75, 3.05) is 6.61 Å². The molecule has 0 aromatic rings. The summed E-state index contributed by atoms with van der Waals surface area (Å²) in [5.74, 6) is 0. The van der Waals surface area contributed by atoms with E-state index >= 15 is 0 Å². The summed E-state index contributed by atoms with van der Waals surface area (Å²) in [6.45, 7) is 2.57. The van der Waals surface area contributed by atoms with Crippen molar-refractivity contribution < 1.29 is 9.47 Å². The first kappa shape index (κ1) is 10.8. The van der Waals surface area contributed by atoms with Crippen LogP contribution in [0, 0.1) is 0 Å². The first-order valence-electron chi connectivity index (χ1n) is 3.49. The Hall–Kier alpha value is -0.220. The summed E-state index contributed by atoms with van der Waals surface area (Å²) in [6, 6.07) is 0. The minimum Gasteiger partial charge on any atom is -0.486 e. The maximum Gasteiger partial charge on any atom is 0.146 e. The number of hydrogen-bond donors (Lipinski definition) is 0. The molecule has 0 saturated heterocycles. The summed E-state index contributed by atoms with van der Waals surface area (Å²) in [5, 5.41) is 0. The molecule has 0 aromatic carbocycles. The van der Waals surface area contributed by atoms with Crippen molar-refractivity contribution in [2.24, 2.45) is 0 Å². The molecule has 0 heterocycles. The van der Waals surface area contributed by atoms with Crippen molar-refractivity contribution in [3.8, 4) is 0 Å². The molecule has 0 aliphatic heterocycles. The van der Waals surface area contributed by atoms with Crippen LogP contribution in [0.3, 0.4) is 0 Å². The van der Waals surface area contributed by atoms with Gasteiger partial charge >= 0.3 is 0 Å². The molecular weight excluding hydrogens is 180 g/mol. The molecule has 0 spiro atoms. The molecule has 0 bridgehead atoms. The molecule has 0 radical (unpaired) electrons. The average Bonchev–Trinajstić information content (AvgIpc) is 2.01. The van der Waals surface area contributed by atoms with Gasteiger partial charge < -0.3 is 9.47 Å². The molecule has 0 aliphatic carbocycles. The highest BCUT2D eigenvalue weighted by Gasteiger charge is 2.05. The number of hydrogen-bond acceptors (Lipinski definition) is 4. The molecule has 4 heteroatoms. The second kappa shape index (κ2) is 7.88. The minimum absolute atomic E-state index is 0.0525. The summed E-state index contributed by atoms with van der Waals surface area (Å²) >= 11 is 9.05. The Morgan fingerprint density at radius 1 is 1.36 bits per heavy atom. The van der Waals surface area contributed by atoms with Gasteiger partial charge in [0.05, 0.1) is 0 Å². The number of ether oxygens (including phenoxy) is 2. The molecule has 64 valence electrons. The largest absolute Gasteiger partial charge is 0.486 e. The van der Waals surface area contributed by atoms with E-state index in [4.69, 9.17) is 9.47 Å². The van der Waals surface area contributed by atoms with Gasteiger partial charge in [0.15, 0.2) is 0 Å². The summed E-state index contributed by atoms with van der Waals surface area (Å²) in [4.78, 5) is 0. The Balaban J connectivity index is 3.49. The van der Waals surface area contributed by atoms with Crippen molar-refractivity contribution in [3.05, 3.63) is 0 Å². The van der Waals surface area contributed by atoms with Gasteiger partial charge in [-0.3, -0.25) is 0 Å². The molecule has 0 aliphatic rings. The fourth-order valence-electron chi connectivity index (χ4n) is 0.738. The summed E-state index contributed by atoms with van der Waals surface area (Å²) < 4.78 is 9.98. The topological polar surface area (TPSA) is 18.5 Å². The van der Waals surface area contributed by atoms with Crippen LogP contribution in [0.2, 0.25) is 0 Å². The van der Waals surface area contributed by atoms with Gasteiger partial charge in [0.2, 0.25) is 0 Å². The predicted molar refractivity (Wildman–Crippen MR) is 53.0 cm³/mol. The van der Waals surface area contributed by atoms with E-state index in [0.717, 1.165) is 12.8 Å². The molecule has 0 rings (SSSR count). The molecule has 11 heavy (non-hydrogen) atoms. The highest BCUT2D eigenvalue weighted by Crippen LogP contribution is 2.00. The van der Waals surface area contributed by atoms with E-state index in [0.29, 0.717) is 6.61 Å². The fourth-order valence-corrected chi connectivity index (χ4v) is 0.974. The Morgan fingerprint density at radius 3 is 2.55 bits per heavy atom. The highest BCUT2D eigenvalue weighted by atomic mass is 32.1. The predicted octanol–water partition coefficient (Wildman–Crippen LogP) is 2.10. The second-order valence-electron chi connectivity index (χ2n) is 2.07. The van der Waals surface area contributed by atoms with Crippen molar-refractivity contribution in [2.45, 2.75) is 25.9 Å². The van der Waals surface area contributed by atoms with Gasteiger partial charge in [0.1, 0.15) is 23.8 Å². The summed E-state index contributed by atoms with van der Waals surface area (Å²) in [6.07, 6.45) is 2.04. The third kappa shape index (κ3) is 6.19. The van der Waals surface area contributed by atoms with E-state index in [1.807, 2.05) is 0 Å². The van der Waals surface area contributed by atoms with E-state index in [9.17, 15) is 0 Å². The van der Waals surface area contributed by atoms with Gasteiger partial charge in [-0.2, -0.15) is 0 Å². The average molecular weight is 192 g/mol. The van der Waals surface area contributed by atoms with Crippen molar-refractivity contribution in [3.63, 3.8) is 0 Å². The lowest BCUT2D eigenvalue weighted by molar-refractivity contribution is 0.120. The fraction of sp³-hybridized carbons (Fsp3) is 0.714. The van der Waals surface area contributed by atoms with E-state index in [2.05, 4.69) is 31.4 Å². The molecule has 1 unspecified atom stereocenters. The quantitative estimate of drug-likeness (QED) is 0.575. The molecular formula is C7H12O2S2.